The van der Waals surface area contributed by atoms with Gasteiger partial charge in [-0.25, -0.2) is 9.37 Å². The first kappa shape index (κ1) is 21.9. The van der Waals surface area contributed by atoms with E-state index in [9.17, 15) is 9.50 Å². The van der Waals surface area contributed by atoms with Crippen LogP contribution in [0.5, 0.6) is 17.2 Å². The van der Waals surface area contributed by atoms with Crippen molar-refractivity contribution in [2.45, 2.75) is 19.9 Å². The molecule has 0 saturated carbocycles. The number of thiophene rings is 1. The summed E-state index contributed by atoms with van der Waals surface area (Å²) in [4.78, 5) is 5.29. The third kappa shape index (κ3) is 4.72. The first-order chi connectivity index (χ1) is 16.6. The molecule has 0 fully saturated rings. The van der Waals surface area contributed by atoms with Crippen LogP contribution in [0.3, 0.4) is 0 Å². The van der Waals surface area contributed by atoms with Crippen LogP contribution >= 0.6 is 11.3 Å². The summed E-state index contributed by atoms with van der Waals surface area (Å²) < 4.78 is 22.8. The van der Waals surface area contributed by atoms with Gasteiger partial charge in [0.25, 0.3) is 0 Å². The minimum Gasteiger partial charge on any atom is -0.508 e. The molecule has 0 aliphatic carbocycles. The van der Waals surface area contributed by atoms with Crippen molar-refractivity contribution in [3.63, 3.8) is 0 Å². The Labute approximate surface area is 201 Å². The van der Waals surface area contributed by atoms with Crippen LogP contribution in [0, 0.1) is 5.82 Å². The second kappa shape index (κ2) is 9.53. The van der Waals surface area contributed by atoms with Gasteiger partial charge in [-0.05, 0) is 66.1 Å². The molecule has 4 nitrogen and oxygen atoms in total. The Morgan fingerprint density at radius 2 is 1.82 bits per heavy atom. The lowest BCUT2D eigenvalue weighted by atomic mass is 10.1. The number of hydrogen-bond acceptors (Lipinski definition) is 4. The van der Waals surface area contributed by atoms with Crippen molar-refractivity contribution in [1.29, 1.82) is 0 Å². The topological polar surface area (TPSA) is 47.3 Å². The molecule has 0 amide bonds. The van der Waals surface area contributed by atoms with Crippen molar-refractivity contribution in [3.05, 3.63) is 96.3 Å². The fraction of sp³-hybridized carbons (Fsp3) is 0.107. The van der Waals surface area contributed by atoms with Crippen molar-refractivity contribution in [1.82, 2.24) is 9.55 Å². The van der Waals surface area contributed by atoms with Crippen LogP contribution in [0.15, 0.2) is 79.3 Å². The average Bonchev–Trinajstić information content (AvgIpc) is 3.43. The molecule has 2 aromatic heterocycles. The minimum absolute atomic E-state index is 0.196. The Kier molecular flexibility index (Phi) is 6.14. The summed E-state index contributed by atoms with van der Waals surface area (Å²) in [6.45, 7) is 3.11. The Hall–Kier alpha value is -3.90. The van der Waals surface area contributed by atoms with Gasteiger partial charge >= 0.3 is 0 Å². The molecule has 2 heterocycles. The van der Waals surface area contributed by atoms with Crippen molar-refractivity contribution in [3.8, 4) is 27.7 Å². The third-order valence-electron chi connectivity index (χ3n) is 5.42. The Morgan fingerprint density at radius 3 is 2.59 bits per heavy atom. The monoisotopic (exact) mass is 470 g/mol. The number of aromatic hydroxyl groups is 1. The number of imidazole rings is 1. The van der Waals surface area contributed by atoms with Crippen molar-refractivity contribution >= 4 is 33.6 Å². The SMILES string of the molecule is CCCn1cnc(/C=C/c2ccc(Oc3c(-c4ccc(F)cc4)sc4cc(O)ccc34)cc2)c1. The van der Waals surface area contributed by atoms with Crippen LogP contribution in [0.1, 0.15) is 24.6 Å². The normalized spacial score (nSPS) is 11.5. The first-order valence-electron chi connectivity index (χ1n) is 11.1. The van der Waals surface area contributed by atoms with Crippen LogP contribution < -0.4 is 4.74 Å². The second-order valence-corrected chi connectivity index (χ2v) is 9.04. The van der Waals surface area contributed by atoms with E-state index in [4.69, 9.17) is 4.74 Å². The fourth-order valence-electron chi connectivity index (χ4n) is 3.74. The summed E-state index contributed by atoms with van der Waals surface area (Å²) in [6.07, 6.45) is 8.98. The Bertz CT molecular complexity index is 1450. The molecule has 0 atom stereocenters. The number of nitrogens with zero attached hydrogens (tertiary/aromatic N) is 2. The van der Waals surface area contributed by atoms with E-state index in [1.54, 1.807) is 24.3 Å². The van der Waals surface area contributed by atoms with E-state index in [1.807, 2.05) is 55.0 Å². The molecule has 170 valence electrons. The van der Waals surface area contributed by atoms with E-state index in [-0.39, 0.29) is 11.6 Å². The van der Waals surface area contributed by atoms with Gasteiger partial charge in [0.2, 0.25) is 0 Å². The van der Waals surface area contributed by atoms with Crippen LogP contribution in [-0.4, -0.2) is 14.7 Å². The summed E-state index contributed by atoms with van der Waals surface area (Å²) in [5, 5.41) is 10.8. The Morgan fingerprint density at radius 1 is 1.03 bits per heavy atom. The number of ether oxygens (including phenoxy) is 1. The highest BCUT2D eigenvalue weighted by molar-refractivity contribution is 7.22. The van der Waals surface area contributed by atoms with Gasteiger partial charge in [-0.15, -0.1) is 11.3 Å². The lowest BCUT2D eigenvalue weighted by molar-refractivity contribution is 0.476. The highest BCUT2D eigenvalue weighted by Crippen LogP contribution is 2.47. The number of phenolic OH excluding ortho intramolecular Hbond substituents is 1. The second-order valence-electron chi connectivity index (χ2n) is 7.99. The number of hydrogen-bond donors (Lipinski definition) is 1. The molecule has 6 heteroatoms. The number of rotatable bonds is 7. The molecule has 0 aliphatic rings. The number of halogens is 1. The highest BCUT2D eigenvalue weighted by Gasteiger charge is 2.17. The molecule has 34 heavy (non-hydrogen) atoms. The van der Waals surface area contributed by atoms with Crippen LogP contribution in [-0.2, 0) is 6.54 Å². The van der Waals surface area contributed by atoms with Gasteiger partial charge in [-0.3, -0.25) is 0 Å². The molecule has 0 unspecified atom stereocenters. The maximum atomic E-state index is 13.5. The van der Waals surface area contributed by atoms with Crippen LogP contribution in [0.4, 0.5) is 4.39 Å². The van der Waals surface area contributed by atoms with E-state index < -0.39 is 0 Å². The quantitative estimate of drug-likeness (QED) is 0.262. The summed E-state index contributed by atoms with van der Waals surface area (Å²) >= 11 is 1.50. The highest BCUT2D eigenvalue weighted by atomic mass is 32.1. The lowest BCUT2D eigenvalue weighted by Gasteiger charge is -2.09. The van der Waals surface area contributed by atoms with Gasteiger partial charge in [-0.1, -0.05) is 37.3 Å². The molecule has 0 spiro atoms. The van der Waals surface area contributed by atoms with E-state index >= 15 is 0 Å². The minimum atomic E-state index is -0.286. The maximum absolute atomic E-state index is 13.5. The standard InChI is InChI=1S/C28H23FN2O2S/c1-2-15-31-17-22(30-18-31)10-3-19-4-12-24(13-5-19)33-27-25-14-11-23(32)16-26(25)34-28(27)20-6-8-21(29)9-7-20/h3-14,16-18,32H,2,15H2,1H3/b10-3+. The zero-order valence-electron chi connectivity index (χ0n) is 18.6. The summed E-state index contributed by atoms with van der Waals surface area (Å²) in [6, 6.07) is 19.4. The number of aryl methyl sites for hydroxylation is 1. The summed E-state index contributed by atoms with van der Waals surface area (Å²) in [7, 11) is 0. The molecular formula is C28H23FN2O2S. The average molecular weight is 471 g/mol. The van der Waals surface area contributed by atoms with E-state index in [0.717, 1.165) is 44.7 Å². The van der Waals surface area contributed by atoms with Crippen molar-refractivity contribution < 1.29 is 14.2 Å². The van der Waals surface area contributed by atoms with Crippen LogP contribution in [0.25, 0.3) is 32.7 Å². The third-order valence-corrected chi connectivity index (χ3v) is 6.60. The molecule has 3 aromatic carbocycles. The predicted molar refractivity (Wildman–Crippen MR) is 137 cm³/mol. The Balaban J connectivity index is 1.41. The lowest BCUT2D eigenvalue weighted by Crippen LogP contribution is -1.90. The molecule has 0 radical (unpaired) electrons. The van der Waals surface area contributed by atoms with Gasteiger partial charge in [-0.2, -0.15) is 0 Å². The molecule has 0 saturated heterocycles. The maximum Gasteiger partial charge on any atom is 0.153 e. The number of aromatic nitrogens is 2. The van der Waals surface area contributed by atoms with Crippen molar-refractivity contribution in [2.75, 3.05) is 0 Å². The zero-order chi connectivity index (χ0) is 23.5. The molecule has 5 rings (SSSR count). The number of phenols is 1. The molecule has 0 aliphatic heterocycles. The van der Waals surface area contributed by atoms with E-state index in [1.165, 1.54) is 23.5 Å². The first-order valence-corrected chi connectivity index (χ1v) is 11.9. The summed E-state index contributed by atoms with van der Waals surface area (Å²) in [5.41, 5.74) is 2.82. The van der Waals surface area contributed by atoms with Gasteiger partial charge in [0.15, 0.2) is 5.75 Å². The molecule has 0 bridgehead atoms. The summed E-state index contributed by atoms with van der Waals surface area (Å²) in [5.74, 6) is 1.30. The number of benzene rings is 3. The fourth-order valence-corrected chi connectivity index (χ4v) is 4.91. The largest absolute Gasteiger partial charge is 0.508 e. The molecule has 5 aromatic rings. The van der Waals surface area contributed by atoms with E-state index in [0.29, 0.717) is 11.5 Å². The van der Waals surface area contributed by atoms with Gasteiger partial charge < -0.3 is 14.4 Å². The predicted octanol–water partition coefficient (Wildman–Crippen LogP) is 7.98. The van der Waals surface area contributed by atoms with E-state index in [2.05, 4.69) is 16.5 Å². The van der Waals surface area contributed by atoms with Crippen molar-refractivity contribution in [2.24, 2.45) is 0 Å². The molecular weight excluding hydrogens is 447 g/mol. The van der Waals surface area contributed by atoms with Gasteiger partial charge in [0.1, 0.15) is 17.3 Å². The van der Waals surface area contributed by atoms with Gasteiger partial charge in [0, 0.05) is 22.8 Å². The number of fused-ring (bicyclic) bond motifs is 1. The smallest absolute Gasteiger partial charge is 0.153 e. The van der Waals surface area contributed by atoms with Crippen LogP contribution in [0.2, 0.25) is 0 Å². The molecule has 1 N–H and O–H groups in total. The van der Waals surface area contributed by atoms with Gasteiger partial charge in [0.05, 0.1) is 16.9 Å². The zero-order valence-corrected chi connectivity index (χ0v) is 19.4.